The van der Waals surface area contributed by atoms with Gasteiger partial charge in [0.2, 0.25) is 5.91 Å². The summed E-state index contributed by atoms with van der Waals surface area (Å²) in [5.74, 6) is -1.16. The van der Waals surface area contributed by atoms with Gasteiger partial charge in [-0.25, -0.2) is 8.78 Å². The average molecular weight is 280 g/mol. The number of amides is 1. The van der Waals surface area contributed by atoms with E-state index >= 15 is 0 Å². The monoisotopic (exact) mass is 280 g/mol. The lowest BCUT2D eigenvalue weighted by molar-refractivity contribution is -0.130. The molecule has 1 aliphatic carbocycles. The molecule has 1 aromatic carbocycles. The van der Waals surface area contributed by atoms with Gasteiger partial charge in [-0.15, -0.1) is 0 Å². The molecule has 1 aliphatic heterocycles. The van der Waals surface area contributed by atoms with Crippen molar-refractivity contribution in [2.75, 3.05) is 6.54 Å². The van der Waals surface area contributed by atoms with Crippen LogP contribution in [0.4, 0.5) is 8.78 Å². The highest BCUT2D eigenvalue weighted by Crippen LogP contribution is 2.33. The van der Waals surface area contributed by atoms with Gasteiger partial charge in [0.1, 0.15) is 6.17 Å². The summed E-state index contributed by atoms with van der Waals surface area (Å²) in [7, 11) is 0. The van der Waals surface area contributed by atoms with Crippen molar-refractivity contribution in [3.05, 3.63) is 35.4 Å². The lowest BCUT2D eigenvalue weighted by Gasteiger charge is -2.33. The van der Waals surface area contributed by atoms with E-state index in [1.165, 1.54) is 18.6 Å². The van der Waals surface area contributed by atoms with Gasteiger partial charge in [-0.2, -0.15) is 0 Å². The van der Waals surface area contributed by atoms with Gasteiger partial charge in [0, 0.05) is 6.54 Å². The molecule has 0 radical (unpaired) electrons. The molecule has 1 saturated heterocycles. The van der Waals surface area contributed by atoms with Crippen molar-refractivity contribution in [1.82, 2.24) is 10.2 Å². The molecule has 2 aliphatic rings. The van der Waals surface area contributed by atoms with Crippen molar-refractivity contribution in [3.63, 3.8) is 0 Å². The normalized spacial score (nSPS) is 26.9. The van der Waals surface area contributed by atoms with Crippen LogP contribution in [0.5, 0.6) is 0 Å². The third kappa shape index (κ3) is 2.30. The van der Waals surface area contributed by atoms with E-state index in [-0.39, 0.29) is 18.1 Å². The van der Waals surface area contributed by atoms with E-state index in [9.17, 15) is 13.6 Å². The minimum Gasteiger partial charge on any atom is -0.321 e. The molecule has 5 heteroatoms. The summed E-state index contributed by atoms with van der Waals surface area (Å²) in [5.41, 5.74) is 0.598. The maximum absolute atomic E-state index is 13.4. The summed E-state index contributed by atoms with van der Waals surface area (Å²) >= 11 is 0. The van der Waals surface area contributed by atoms with E-state index in [1.807, 2.05) is 0 Å². The third-order valence-electron chi connectivity index (χ3n) is 4.31. The number of halogens is 2. The number of nitrogens with one attached hydrogen (secondary N) is 1. The maximum Gasteiger partial charge on any atom is 0.241 e. The first-order valence-electron chi connectivity index (χ1n) is 7.07. The highest BCUT2D eigenvalue weighted by atomic mass is 19.2. The molecule has 1 amide bonds. The van der Waals surface area contributed by atoms with Gasteiger partial charge >= 0.3 is 0 Å². The maximum atomic E-state index is 13.4. The number of nitrogens with zero attached hydrogens (tertiary/aromatic N) is 1. The van der Waals surface area contributed by atoms with Gasteiger partial charge in [-0.1, -0.05) is 12.5 Å². The first-order chi connectivity index (χ1) is 9.56. The standard InChI is InChI=1S/C15H18F2N2O/c1-9-15(20)19(8-10-3-2-4-10)14(18-9)11-5-6-12(16)13(17)7-11/h5-7,9-10,14,18H,2-4,8H2,1H3. The molecule has 108 valence electrons. The molecule has 20 heavy (non-hydrogen) atoms. The molecule has 0 bridgehead atoms. The number of rotatable bonds is 3. The molecule has 2 fully saturated rings. The van der Waals surface area contributed by atoms with Crippen LogP contribution in [-0.2, 0) is 4.79 Å². The number of hydrogen-bond donors (Lipinski definition) is 1. The molecule has 3 rings (SSSR count). The van der Waals surface area contributed by atoms with Crippen LogP contribution in [0, 0.1) is 17.6 Å². The number of carbonyl (C=O) groups excluding carboxylic acids is 1. The van der Waals surface area contributed by atoms with Crippen LogP contribution in [0.15, 0.2) is 18.2 Å². The zero-order chi connectivity index (χ0) is 14.3. The largest absolute Gasteiger partial charge is 0.321 e. The Morgan fingerprint density at radius 3 is 2.65 bits per heavy atom. The van der Waals surface area contributed by atoms with Gasteiger partial charge < -0.3 is 4.90 Å². The molecule has 0 spiro atoms. The van der Waals surface area contributed by atoms with Gasteiger partial charge in [0.15, 0.2) is 11.6 Å². The molecule has 0 aromatic heterocycles. The molecular formula is C15H18F2N2O. The predicted molar refractivity (Wildman–Crippen MR) is 70.8 cm³/mol. The highest BCUT2D eigenvalue weighted by Gasteiger charge is 2.39. The Balaban J connectivity index is 1.84. The first-order valence-corrected chi connectivity index (χ1v) is 7.07. The van der Waals surface area contributed by atoms with E-state index in [2.05, 4.69) is 5.32 Å². The molecule has 2 atom stereocenters. The first kappa shape index (κ1) is 13.5. The van der Waals surface area contributed by atoms with E-state index in [0.717, 1.165) is 18.9 Å². The Hall–Kier alpha value is -1.49. The number of carbonyl (C=O) groups is 1. The van der Waals surface area contributed by atoms with Crippen LogP contribution in [0.1, 0.15) is 37.9 Å². The van der Waals surface area contributed by atoms with E-state index in [4.69, 9.17) is 0 Å². The zero-order valence-corrected chi connectivity index (χ0v) is 11.4. The van der Waals surface area contributed by atoms with Crippen molar-refractivity contribution >= 4 is 5.91 Å². The lowest BCUT2D eigenvalue weighted by Crippen LogP contribution is -2.37. The summed E-state index contributed by atoms with van der Waals surface area (Å²) in [5, 5.41) is 3.16. The van der Waals surface area contributed by atoms with Crippen LogP contribution >= 0.6 is 0 Å². The smallest absolute Gasteiger partial charge is 0.241 e. The van der Waals surface area contributed by atoms with E-state index < -0.39 is 11.6 Å². The second kappa shape index (κ2) is 5.13. The molecule has 1 heterocycles. The fraction of sp³-hybridized carbons (Fsp3) is 0.533. The molecular weight excluding hydrogens is 262 g/mol. The summed E-state index contributed by atoms with van der Waals surface area (Å²) < 4.78 is 26.4. The third-order valence-corrected chi connectivity index (χ3v) is 4.31. The van der Waals surface area contributed by atoms with E-state index in [0.29, 0.717) is 18.0 Å². The van der Waals surface area contributed by atoms with Crippen molar-refractivity contribution in [2.45, 2.75) is 38.4 Å². The Morgan fingerprint density at radius 2 is 2.05 bits per heavy atom. The fourth-order valence-electron chi connectivity index (χ4n) is 2.88. The van der Waals surface area contributed by atoms with Crippen LogP contribution in [0.3, 0.4) is 0 Å². The number of benzene rings is 1. The van der Waals surface area contributed by atoms with Gasteiger partial charge in [0.25, 0.3) is 0 Å². The summed E-state index contributed by atoms with van der Waals surface area (Å²) in [6.45, 7) is 2.50. The second-order valence-electron chi connectivity index (χ2n) is 5.75. The topological polar surface area (TPSA) is 32.3 Å². The Morgan fingerprint density at radius 1 is 1.30 bits per heavy atom. The summed E-state index contributed by atoms with van der Waals surface area (Å²) in [4.78, 5) is 14.0. The Labute approximate surface area is 117 Å². The fourth-order valence-corrected chi connectivity index (χ4v) is 2.88. The molecule has 2 unspecified atom stereocenters. The quantitative estimate of drug-likeness (QED) is 0.923. The van der Waals surface area contributed by atoms with Crippen molar-refractivity contribution < 1.29 is 13.6 Å². The minimum atomic E-state index is -0.875. The van der Waals surface area contributed by atoms with Gasteiger partial charge in [0.05, 0.1) is 6.04 Å². The molecule has 3 nitrogen and oxygen atoms in total. The van der Waals surface area contributed by atoms with Crippen LogP contribution in [0.2, 0.25) is 0 Å². The van der Waals surface area contributed by atoms with Crippen molar-refractivity contribution in [2.24, 2.45) is 5.92 Å². The average Bonchev–Trinajstić information content (AvgIpc) is 2.64. The lowest BCUT2D eigenvalue weighted by atomic mass is 9.85. The SMILES string of the molecule is CC1NC(c2ccc(F)c(F)c2)N(CC2CCC2)C1=O. The Kier molecular flexibility index (Phi) is 3.46. The van der Waals surface area contributed by atoms with Crippen LogP contribution in [-0.4, -0.2) is 23.4 Å². The Bertz CT molecular complexity index is 531. The van der Waals surface area contributed by atoms with Crippen molar-refractivity contribution in [3.8, 4) is 0 Å². The predicted octanol–water partition coefficient (Wildman–Crippen LogP) is 2.58. The van der Waals surface area contributed by atoms with Gasteiger partial charge in [-0.3, -0.25) is 10.1 Å². The minimum absolute atomic E-state index is 0.0339. The highest BCUT2D eigenvalue weighted by molar-refractivity contribution is 5.84. The van der Waals surface area contributed by atoms with Crippen LogP contribution < -0.4 is 5.32 Å². The van der Waals surface area contributed by atoms with Crippen LogP contribution in [0.25, 0.3) is 0 Å². The molecule has 1 aromatic rings. The number of hydrogen-bond acceptors (Lipinski definition) is 2. The molecule has 1 saturated carbocycles. The van der Waals surface area contributed by atoms with Gasteiger partial charge in [-0.05, 0) is 43.4 Å². The van der Waals surface area contributed by atoms with Crippen molar-refractivity contribution in [1.29, 1.82) is 0 Å². The zero-order valence-electron chi connectivity index (χ0n) is 11.4. The summed E-state index contributed by atoms with van der Waals surface area (Å²) in [6.07, 6.45) is 3.14. The summed E-state index contributed by atoms with van der Waals surface area (Å²) in [6, 6.07) is 3.54. The van der Waals surface area contributed by atoms with E-state index in [1.54, 1.807) is 11.8 Å². The molecule has 1 N–H and O–H groups in total. The second-order valence-corrected chi connectivity index (χ2v) is 5.75.